The zero-order valence-corrected chi connectivity index (χ0v) is 15.0. The van der Waals surface area contributed by atoms with Crippen LogP contribution in [0.3, 0.4) is 0 Å². The Morgan fingerprint density at radius 1 is 1.28 bits per heavy atom. The summed E-state index contributed by atoms with van der Waals surface area (Å²) < 4.78 is 14.1. The van der Waals surface area contributed by atoms with Crippen LogP contribution in [0.4, 0.5) is 0 Å². The van der Waals surface area contributed by atoms with Crippen molar-refractivity contribution in [1.29, 1.82) is 0 Å². The third-order valence-electron chi connectivity index (χ3n) is 4.99. The summed E-state index contributed by atoms with van der Waals surface area (Å²) in [6.45, 7) is 6.31. The molecule has 2 aromatic heterocycles. The van der Waals surface area contributed by atoms with E-state index in [0.717, 1.165) is 22.5 Å². The zero-order chi connectivity index (χ0) is 17.6. The Hall–Kier alpha value is -2.40. The summed E-state index contributed by atoms with van der Waals surface area (Å²) in [5, 5.41) is 0. The van der Waals surface area contributed by atoms with Crippen LogP contribution >= 0.6 is 0 Å². The molecule has 0 saturated heterocycles. The number of allylic oxidation sites excluding steroid dienone is 2. The van der Waals surface area contributed by atoms with Crippen molar-refractivity contribution in [3.63, 3.8) is 0 Å². The van der Waals surface area contributed by atoms with Crippen molar-refractivity contribution in [2.45, 2.75) is 38.5 Å². The van der Waals surface area contributed by atoms with Crippen LogP contribution in [-0.2, 0) is 9.47 Å². The van der Waals surface area contributed by atoms with E-state index in [9.17, 15) is 0 Å². The molecule has 2 aromatic rings. The van der Waals surface area contributed by atoms with Gasteiger partial charge in [0, 0.05) is 11.8 Å². The minimum Gasteiger partial charge on any atom is -0.500 e. The highest BCUT2D eigenvalue weighted by Crippen LogP contribution is 2.39. The molecule has 1 aliphatic heterocycles. The highest BCUT2D eigenvalue weighted by molar-refractivity contribution is 5.70. The molecule has 3 atom stereocenters. The van der Waals surface area contributed by atoms with E-state index < -0.39 is 0 Å². The molecule has 25 heavy (non-hydrogen) atoms. The number of pyridine rings is 1. The Kier molecular flexibility index (Phi) is 3.76. The molecule has 0 N–H and O–H groups in total. The highest BCUT2D eigenvalue weighted by atomic mass is 16.5. The number of rotatable bonds is 3. The summed E-state index contributed by atoms with van der Waals surface area (Å²) in [5.41, 5.74) is 2.67. The molecule has 5 heteroatoms. The topological polar surface area (TPSA) is 49.2 Å². The molecular weight excluding hydrogens is 314 g/mol. The summed E-state index contributed by atoms with van der Waals surface area (Å²) >= 11 is 0. The number of aromatic nitrogens is 3. The molecule has 5 nitrogen and oxygen atoms in total. The van der Waals surface area contributed by atoms with Crippen molar-refractivity contribution in [1.82, 2.24) is 14.5 Å². The fourth-order valence-corrected chi connectivity index (χ4v) is 3.70. The minimum atomic E-state index is -0.250. The molecule has 1 aliphatic carbocycles. The first kappa shape index (κ1) is 16.1. The van der Waals surface area contributed by atoms with Crippen LogP contribution in [0.5, 0.6) is 0 Å². The van der Waals surface area contributed by atoms with Gasteiger partial charge in [0.2, 0.25) is 0 Å². The van der Waals surface area contributed by atoms with Crippen LogP contribution < -0.4 is 0 Å². The number of hydrogen-bond acceptors (Lipinski definition) is 4. The van der Waals surface area contributed by atoms with E-state index in [0.29, 0.717) is 0 Å². The first-order valence-electron chi connectivity index (χ1n) is 8.61. The van der Waals surface area contributed by atoms with Gasteiger partial charge in [0.25, 0.3) is 0 Å². The standard InChI is InChI=1S/C20H23N3O2/c1-13(23-12-22-19-16(23)6-5-11-21-19)14-7-8-17-15(18(14)24-4)9-10-20(2,3)25-17/h5-13,15,17H,1-4H3. The maximum atomic E-state index is 6.18. The van der Waals surface area contributed by atoms with Crippen LogP contribution in [0.1, 0.15) is 26.8 Å². The van der Waals surface area contributed by atoms with Crippen molar-refractivity contribution in [2.24, 2.45) is 5.92 Å². The Morgan fingerprint density at radius 2 is 2.12 bits per heavy atom. The lowest BCUT2D eigenvalue weighted by Gasteiger charge is -2.39. The van der Waals surface area contributed by atoms with Gasteiger partial charge < -0.3 is 14.0 Å². The van der Waals surface area contributed by atoms with E-state index in [1.54, 1.807) is 13.3 Å². The first-order chi connectivity index (χ1) is 12.0. The van der Waals surface area contributed by atoms with E-state index >= 15 is 0 Å². The number of ether oxygens (including phenoxy) is 2. The normalized spacial score (nSPS) is 25.9. The van der Waals surface area contributed by atoms with Gasteiger partial charge >= 0.3 is 0 Å². The molecule has 3 unspecified atom stereocenters. The van der Waals surface area contributed by atoms with Gasteiger partial charge in [-0.05, 0) is 32.9 Å². The third-order valence-corrected chi connectivity index (χ3v) is 4.99. The van der Waals surface area contributed by atoms with E-state index in [2.05, 4.69) is 59.6 Å². The summed E-state index contributed by atoms with van der Waals surface area (Å²) in [5.74, 6) is 1.06. The van der Waals surface area contributed by atoms with Gasteiger partial charge in [0.15, 0.2) is 5.65 Å². The van der Waals surface area contributed by atoms with Crippen LogP contribution in [0.25, 0.3) is 11.2 Å². The van der Waals surface area contributed by atoms with Crippen molar-refractivity contribution in [3.05, 3.63) is 60.3 Å². The van der Waals surface area contributed by atoms with Gasteiger partial charge in [-0.3, -0.25) is 0 Å². The molecule has 0 fully saturated rings. The van der Waals surface area contributed by atoms with Gasteiger partial charge in [0.05, 0.1) is 42.6 Å². The SMILES string of the molecule is COC1=C(C(C)n2cnc3ncccc32)C=CC2OC(C)(C)C=CC12. The van der Waals surface area contributed by atoms with E-state index in [1.165, 1.54) is 0 Å². The number of fused-ring (bicyclic) bond motifs is 2. The smallest absolute Gasteiger partial charge is 0.177 e. The average molecular weight is 337 g/mol. The summed E-state index contributed by atoms with van der Waals surface area (Å²) in [7, 11) is 1.74. The minimum absolute atomic E-state index is 0.00657. The van der Waals surface area contributed by atoms with Crippen molar-refractivity contribution >= 4 is 11.2 Å². The van der Waals surface area contributed by atoms with Gasteiger partial charge in [-0.25, -0.2) is 9.97 Å². The van der Waals surface area contributed by atoms with Crippen LogP contribution in [0.15, 0.2) is 60.3 Å². The fraction of sp³-hybridized carbons (Fsp3) is 0.400. The Balaban J connectivity index is 1.76. The van der Waals surface area contributed by atoms with Gasteiger partial charge in [-0.15, -0.1) is 0 Å². The Bertz CT molecular complexity index is 891. The summed E-state index contributed by atoms with van der Waals surface area (Å²) in [6, 6.07) is 4.07. The van der Waals surface area contributed by atoms with Crippen LogP contribution in [-0.4, -0.2) is 33.3 Å². The molecule has 0 saturated carbocycles. The predicted molar refractivity (Wildman–Crippen MR) is 97.0 cm³/mol. The van der Waals surface area contributed by atoms with E-state index in [4.69, 9.17) is 9.47 Å². The fourth-order valence-electron chi connectivity index (χ4n) is 3.70. The number of hydrogen-bond donors (Lipinski definition) is 0. The molecule has 0 bridgehead atoms. The lowest BCUT2D eigenvalue weighted by atomic mass is 9.84. The Labute approximate surface area is 147 Å². The number of methoxy groups -OCH3 is 1. The maximum Gasteiger partial charge on any atom is 0.177 e. The number of imidazole rings is 1. The maximum absolute atomic E-state index is 6.18. The lowest BCUT2D eigenvalue weighted by molar-refractivity contribution is -0.0493. The molecule has 0 aromatic carbocycles. The third kappa shape index (κ3) is 2.68. The predicted octanol–water partition coefficient (Wildman–Crippen LogP) is 3.81. The van der Waals surface area contributed by atoms with E-state index in [-0.39, 0.29) is 23.7 Å². The molecule has 0 radical (unpaired) electrons. The van der Waals surface area contributed by atoms with Gasteiger partial charge in [-0.1, -0.05) is 24.3 Å². The van der Waals surface area contributed by atoms with Gasteiger partial charge in [-0.2, -0.15) is 0 Å². The summed E-state index contributed by atoms with van der Waals surface area (Å²) in [6.07, 6.45) is 12.2. The first-order valence-corrected chi connectivity index (χ1v) is 8.61. The molecule has 2 aliphatic rings. The van der Waals surface area contributed by atoms with Crippen molar-refractivity contribution < 1.29 is 9.47 Å². The summed E-state index contributed by atoms with van der Waals surface area (Å²) in [4.78, 5) is 8.73. The molecular formula is C20H23N3O2. The van der Waals surface area contributed by atoms with Gasteiger partial charge in [0.1, 0.15) is 5.76 Å². The average Bonchev–Trinajstić information content (AvgIpc) is 3.03. The lowest BCUT2D eigenvalue weighted by Crippen LogP contribution is -2.39. The number of nitrogens with zero attached hydrogens (tertiary/aromatic N) is 3. The molecule has 4 rings (SSSR count). The molecule has 3 heterocycles. The second kappa shape index (κ2) is 5.85. The van der Waals surface area contributed by atoms with Crippen LogP contribution in [0.2, 0.25) is 0 Å². The Morgan fingerprint density at radius 3 is 2.92 bits per heavy atom. The largest absolute Gasteiger partial charge is 0.500 e. The highest BCUT2D eigenvalue weighted by Gasteiger charge is 2.36. The monoisotopic (exact) mass is 337 g/mol. The van der Waals surface area contributed by atoms with Crippen molar-refractivity contribution in [3.8, 4) is 0 Å². The molecule has 130 valence electrons. The molecule has 0 amide bonds. The van der Waals surface area contributed by atoms with Crippen LogP contribution in [0, 0.1) is 5.92 Å². The molecule has 0 spiro atoms. The second-order valence-corrected chi connectivity index (χ2v) is 7.13. The van der Waals surface area contributed by atoms with Crippen molar-refractivity contribution in [2.75, 3.05) is 7.11 Å². The quantitative estimate of drug-likeness (QED) is 0.799. The zero-order valence-electron chi connectivity index (χ0n) is 15.0. The van der Waals surface area contributed by atoms with E-state index in [1.807, 2.05) is 18.5 Å². The second-order valence-electron chi connectivity index (χ2n) is 7.13.